The number of aliphatic hydroxyl groups excluding tert-OH is 1. The third kappa shape index (κ3) is 3.75. The van der Waals surface area contributed by atoms with E-state index in [0.717, 1.165) is 24.3 Å². The molecule has 0 radical (unpaired) electrons. The summed E-state index contributed by atoms with van der Waals surface area (Å²) in [5.74, 6) is 2.59. The van der Waals surface area contributed by atoms with Crippen LogP contribution in [-0.4, -0.2) is 48.3 Å². The van der Waals surface area contributed by atoms with Crippen LogP contribution < -0.4 is 5.32 Å². The Morgan fingerprint density at radius 2 is 1.95 bits per heavy atom. The Balaban J connectivity index is 1.53. The average Bonchev–Trinajstić information content (AvgIpc) is 3.18. The normalized spacial score (nSPS) is 33.9. The van der Waals surface area contributed by atoms with Gasteiger partial charge in [0.2, 0.25) is 0 Å². The average molecular weight is 280 g/mol. The number of nitrogens with one attached hydrogen (secondary N) is 1. The van der Waals surface area contributed by atoms with Crippen molar-refractivity contribution in [1.29, 1.82) is 0 Å². The van der Waals surface area contributed by atoms with Gasteiger partial charge in [0.1, 0.15) is 0 Å². The first-order valence-corrected chi connectivity index (χ1v) is 8.84. The Morgan fingerprint density at radius 1 is 1.15 bits per heavy atom. The molecule has 3 nitrogen and oxygen atoms in total. The fourth-order valence-electron chi connectivity index (χ4n) is 3.99. The molecule has 0 bridgehead atoms. The maximum Gasteiger partial charge on any atom is 0.0434 e. The van der Waals surface area contributed by atoms with Gasteiger partial charge in [-0.15, -0.1) is 0 Å². The zero-order chi connectivity index (χ0) is 13.9. The van der Waals surface area contributed by atoms with Crippen molar-refractivity contribution >= 4 is 0 Å². The highest BCUT2D eigenvalue weighted by molar-refractivity contribution is 4.90. The molecule has 3 unspecified atom stereocenters. The Morgan fingerprint density at radius 3 is 2.55 bits per heavy atom. The van der Waals surface area contributed by atoms with Gasteiger partial charge in [-0.25, -0.2) is 0 Å². The van der Waals surface area contributed by atoms with Crippen LogP contribution in [0.5, 0.6) is 0 Å². The monoisotopic (exact) mass is 280 g/mol. The largest absolute Gasteiger partial charge is 0.396 e. The first-order chi connectivity index (χ1) is 9.76. The van der Waals surface area contributed by atoms with E-state index < -0.39 is 0 Å². The van der Waals surface area contributed by atoms with Crippen molar-refractivity contribution in [1.82, 2.24) is 10.2 Å². The second-order valence-corrected chi connectivity index (χ2v) is 7.55. The maximum absolute atomic E-state index is 9.29. The first kappa shape index (κ1) is 14.8. The molecule has 3 fully saturated rings. The van der Waals surface area contributed by atoms with Crippen LogP contribution >= 0.6 is 0 Å². The number of rotatable bonds is 7. The Kier molecular flexibility index (Phi) is 5.00. The number of nitrogens with zero attached hydrogens (tertiary/aromatic N) is 1. The maximum atomic E-state index is 9.29. The molecule has 3 atom stereocenters. The minimum absolute atomic E-state index is 0.353. The van der Waals surface area contributed by atoms with Crippen LogP contribution in [0.1, 0.15) is 51.9 Å². The van der Waals surface area contributed by atoms with Crippen LogP contribution in [0.4, 0.5) is 0 Å². The van der Waals surface area contributed by atoms with Crippen molar-refractivity contribution in [2.45, 2.75) is 64.0 Å². The van der Waals surface area contributed by atoms with Crippen molar-refractivity contribution in [3.63, 3.8) is 0 Å². The molecular weight excluding hydrogens is 248 g/mol. The van der Waals surface area contributed by atoms with Crippen molar-refractivity contribution in [3.05, 3.63) is 0 Å². The minimum Gasteiger partial charge on any atom is -0.396 e. The molecule has 0 spiro atoms. The Hall–Kier alpha value is -0.120. The van der Waals surface area contributed by atoms with E-state index in [-0.39, 0.29) is 0 Å². The molecule has 0 aromatic heterocycles. The summed E-state index contributed by atoms with van der Waals surface area (Å²) in [6.07, 6.45) is 9.41. The van der Waals surface area contributed by atoms with Gasteiger partial charge in [-0.05, 0) is 69.7 Å². The number of piperidine rings is 1. The topological polar surface area (TPSA) is 35.5 Å². The summed E-state index contributed by atoms with van der Waals surface area (Å²) >= 11 is 0. The van der Waals surface area contributed by atoms with Crippen molar-refractivity contribution in [3.8, 4) is 0 Å². The molecule has 3 aliphatic rings. The summed E-state index contributed by atoms with van der Waals surface area (Å²) < 4.78 is 0. The van der Waals surface area contributed by atoms with Crippen LogP contribution in [0.2, 0.25) is 0 Å². The summed E-state index contributed by atoms with van der Waals surface area (Å²) in [6.45, 7) is 6.45. The van der Waals surface area contributed by atoms with Gasteiger partial charge in [0, 0.05) is 31.8 Å². The van der Waals surface area contributed by atoms with Crippen molar-refractivity contribution in [2.24, 2.45) is 17.8 Å². The standard InChI is InChI=1S/C17H32N2O/c1-13(16-3-2-4-16)19-11-15(7-8-20)9-17(12-19)18-10-14-5-6-14/h13-18,20H,2-12H2,1H3. The van der Waals surface area contributed by atoms with E-state index in [1.165, 1.54) is 58.2 Å². The van der Waals surface area contributed by atoms with Gasteiger partial charge in [0.15, 0.2) is 0 Å². The number of hydrogen-bond acceptors (Lipinski definition) is 3. The third-order valence-corrected chi connectivity index (χ3v) is 5.90. The summed E-state index contributed by atoms with van der Waals surface area (Å²) in [7, 11) is 0. The molecule has 0 amide bonds. The van der Waals surface area contributed by atoms with Gasteiger partial charge < -0.3 is 10.4 Å². The first-order valence-electron chi connectivity index (χ1n) is 8.84. The van der Waals surface area contributed by atoms with Crippen LogP contribution in [0, 0.1) is 17.8 Å². The SMILES string of the molecule is CC(C1CCC1)N1CC(CCO)CC(NCC2CC2)C1. The molecule has 0 aromatic carbocycles. The lowest BCUT2D eigenvalue weighted by Gasteiger charge is -2.45. The van der Waals surface area contributed by atoms with Crippen LogP contribution in [0.25, 0.3) is 0 Å². The molecule has 3 heteroatoms. The Labute approximate surface area is 124 Å². The summed E-state index contributed by atoms with van der Waals surface area (Å²) in [6, 6.07) is 1.40. The molecule has 3 rings (SSSR count). The number of likely N-dealkylation sites (tertiary alicyclic amines) is 1. The zero-order valence-electron chi connectivity index (χ0n) is 13.1. The number of aliphatic hydroxyl groups is 1. The predicted molar refractivity (Wildman–Crippen MR) is 82.7 cm³/mol. The molecule has 2 saturated carbocycles. The summed E-state index contributed by atoms with van der Waals surface area (Å²) in [5, 5.41) is 13.1. The Bertz CT molecular complexity index is 301. The summed E-state index contributed by atoms with van der Waals surface area (Å²) in [4.78, 5) is 2.72. The van der Waals surface area contributed by atoms with E-state index in [1.54, 1.807) is 0 Å². The highest BCUT2D eigenvalue weighted by atomic mass is 16.3. The lowest BCUT2D eigenvalue weighted by Crippen LogP contribution is -2.54. The number of hydrogen-bond donors (Lipinski definition) is 2. The molecular formula is C17H32N2O. The van der Waals surface area contributed by atoms with Crippen molar-refractivity contribution < 1.29 is 5.11 Å². The van der Waals surface area contributed by atoms with Crippen LogP contribution in [0.15, 0.2) is 0 Å². The molecule has 1 saturated heterocycles. The van der Waals surface area contributed by atoms with Gasteiger partial charge in [-0.2, -0.15) is 0 Å². The second-order valence-electron chi connectivity index (χ2n) is 7.55. The van der Waals surface area contributed by atoms with E-state index >= 15 is 0 Å². The fourth-order valence-corrected chi connectivity index (χ4v) is 3.99. The highest BCUT2D eigenvalue weighted by Gasteiger charge is 2.34. The molecule has 2 N–H and O–H groups in total. The third-order valence-electron chi connectivity index (χ3n) is 5.90. The van der Waals surface area contributed by atoms with Gasteiger partial charge in [0.05, 0.1) is 0 Å². The second kappa shape index (κ2) is 6.76. The smallest absolute Gasteiger partial charge is 0.0434 e. The minimum atomic E-state index is 0.353. The molecule has 116 valence electrons. The predicted octanol–water partition coefficient (Wildman–Crippen LogP) is 2.25. The van der Waals surface area contributed by atoms with Crippen LogP contribution in [-0.2, 0) is 0 Å². The van der Waals surface area contributed by atoms with Gasteiger partial charge >= 0.3 is 0 Å². The van der Waals surface area contributed by atoms with E-state index in [1.807, 2.05) is 0 Å². The lowest BCUT2D eigenvalue weighted by atomic mass is 9.78. The van der Waals surface area contributed by atoms with Crippen molar-refractivity contribution in [2.75, 3.05) is 26.2 Å². The van der Waals surface area contributed by atoms with E-state index in [2.05, 4.69) is 17.1 Å². The summed E-state index contributed by atoms with van der Waals surface area (Å²) in [5.41, 5.74) is 0. The molecule has 0 aromatic rings. The zero-order valence-corrected chi connectivity index (χ0v) is 13.1. The lowest BCUT2D eigenvalue weighted by molar-refractivity contribution is 0.0448. The van der Waals surface area contributed by atoms with E-state index in [9.17, 15) is 5.11 Å². The fraction of sp³-hybridized carbons (Fsp3) is 1.00. The highest BCUT2D eigenvalue weighted by Crippen LogP contribution is 2.34. The molecule has 20 heavy (non-hydrogen) atoms. The van der Waals surface area contributed by atoms with Gasteiger partial charge in [0.25, 0.3) is 0 Å². The van der Waals surface area contributed by atoms with Gasteiger partial charge in [-0.3, -0.25) is 4.90 Å². The molecule has 1 aliphatic heterocycles. The van der Waals surface area contributed by atoms with E-state index in [0.29, 0.717) is 18.6 Å². The molecule has 2 aliphatic carbocycles. The van der Waals surface area contributed by atoms with E-state index in [4.69, 9.17) is 0 Å². The van der Waals surface area contributed by atoms with Crippen LogP contribution in [0.3, 0.4) is 0 Å². The quantitative estimate of drug-likeness (QED) is 0.751. The van der Waals surface area contributed by atoms with Gasteiger partial charge in [-0.1, -0.05) is 6.42 Å². The molecule has 1 heterocycles.